The van der Waals surface area contributed by atoms with E-state index in [1.54, 1.807) is 0 Å². The molecule has 1 unspecified atom stereocenters. The van der Waals surface area contributed by atoms with Gasteiger partial charge in [-0.15, -0.1) is 0 Å². The summed E-state index contributed by atoms with van der Waals surface area (Å²) in [5, 5.41) is 0. The van der Waals surface area contributed by atoms with E-state index in [4.69, 9.17) is 4.43 Å². The van der Waals surface area contributed by atoms with Crippen LogP contribution in [0.25, 0.3) is 0 Å². The second-order valence-corrected chi connectivity index (χ2v) is 18.7. The Labute approximate surface area is 186 Å². The minimum absolute atomic E-state index is 0.0147. The summed E-state index contributed by atoms with van der Waals surface area (Å²) in [6.07, 6.45) is 0. The van der Waals surface area contributed by atoms with Crippen molar-refractivity contribution in [1.82, 2.24) is 0 Å². The highest BCUT2D eigenvalue weighted by atomic mass is 28.4. The average molecular weight is 470 g/mol. The van der Waals surface area contributed by atoms with Crippen molar-refractivity contribution in [1.29, 1.82) is 0 Å². The van der Waals surface area contributed by atoms with E-state index in [9.17, 15) is 17.6 Å². The highest BCUT2D eigenvalue weighted by Gasteiger charge is 2.44. The Morgan fingerprint density at radius 2 is 1.35 bits per heavy atom. The maximum atomic E-state index is 14.5. The van der Waals surface area contributed by atoms with Gasteiger partial charge in [-0.2, -0.15) is 8.78 Å². The molecule has 1 nitrogen and oxygen atoms in total. The summed E-state index contributed by atoms with van der Waals surface area (Å²) < 4.78 is 62.9. The van der Waals surface area contributed by atoms with Gasteiger partial charge in [0.25, 0.3) is 8.32 Å². The molecule has 2 rings (SSSR count). The molecule has 31 heavy (non-hydrogen) atoms. The highest BCUT2D eigenvalue weighted by molar-refractivity contribution is 6.83. The van der Waals surface area contributed by atoms with Crippen LogP contribution in [0.1, 0.15) is 40.2 Å². The summed E-state index contributed by atoms with van der Waals surface area (Å²) >= 11 is 0. The van der Waals surface area contributed by atoms with E-state index in [-0.39, 0.29) is 5.54 Å². The van der Waals surface area contributed by atoms with Gasteiger partial charge in [0.2, 0.25) is 11.6 Å². The van der Waals surface area contributed by atoms with Crippen LogP contribution in [0, 0.1) is 29.3 Å². The van der Waals surface area contributed by atoms with Crippen LogP contribution in [0.2, 0.25) is 35.8 Å². The smallest absolute Gasteiger partial charge is 0.258 e. The zero-order valence-corrected chi connectivity index (χ0v) is 21.1. The molecule has 0 spiro atoms. The van der Waals surface area contributed by atoms with Crippen molar-refractivity contribution in [3.05, 3.63) is 65.2 Å². The summed E-state index contributed by atoms with van der Waals surface area (Å²) in [5.74, 6) is -7.05. The Bertz CT molecular complexity index is 822. The molecule has 0 fully saturated rings. The molecule has 171 valence electrons. The van der Waals surface area contributed by atoms with E-state index in [0.29, 0.717) is 12.1 Å². The summed E-state index contributed by atoms with van der Waals surface area (Å²) in [4.78, 5) is 0. The molecule has 0 aliphatic carbocycles. The van der Waals surface area contributed by atoms with Crippen LogP contribution in [0.4, 0.5) is 17.6 Å². The number of hydrogen-bond donors (Lipinski definition) is 0. The fourth-order valence-corrected chi connectivity index (χ4v) is 13.7. The minimum Gasteiger partial charge on any atom is -0.539 e. The predicted octanol–water partition coefficient (Wildman–Crippen LogP) is 8.07. The third kappa shape index (κ3) is 5.80. The topological polar surface area (TPSA) is 9.23 Å². The van der Waals surface area contributed by atoms with Crippen LogP contribution in [0.5, 0.6) is 5.75 Å². The number of benzene rings is 2. The molecule has 0 aromatic heterocycles. The zero-order chi connectivity index (χ0) is 23.2. The van der Waals surface area contributed by atoms with Gasteiger partial charge in [-0.25, -0.2) is 8.78 Å². The van der Waals surface area contributed by atoms with Crippen molar-refractivity contribution in [2.45, 2.75) is 76.4 Å². The van der Waals surface area contributed by atoms with Gasteiger partial charge in [0, 0.05) is 6.04 Å². The van der Waals surface area contributed by atoms with Crippen molar-refractivity contribution < 1.29 is 22.0 Å². The largest absolute Gasteiger partial charge is 0.539 e. The normalized spacial score (nSPS) is 14.0. The van der Waals surface area contributed by atoms with E-state index in [1.807, 2.05) is 44.2 Å². The van der Waals surface area contributed by atoms with E-state index >= 15 is 0 Å². The Morgan fingerprint density at radius 1 is 0.839 bits per heavy atom. The first-order chi connectivity index (χ1) is 14.6. The first kappa shape index (κ1) is 25.7. The zero-order valence-electron chi connectivity index (χ0n) is 19.1. The van der Waals surface area contributed by atoms with Crippen molar-refractivity contribution >= 4 is 16.4 Å². The van der Waals surface area contributed by atoms with Crippen LogP contribution in [0.15, 0.2) is 30.3 Å². The van der Waals surface area contributed by atoms with Crippen LogP contribution in [-0.4, -0.2) is 16.4 Å². The molecular weight excluding hydrogens is 436 g/mol. The predicted molar refractivity (Wildman–Crippen MR) is 124 cm³/mol. The lowest BCUT2D eigenvalue weighted by Gasteiger charge is -2.39. The van der Waals surface area contributed by atoms with Gasteiger partial charge in [0.1, 0.15) is 0 Å². The van der Waals surface area contributed by atoms with Crippen LogP contribution >= 0.6 is 0 Å². The molecule has 0 aliphatic rings. The maximum absolute atomic E-state index is 14.5. The van der Waals surface area contributed by atoms with Crippen LogP contribution < -0.4 is 4.43 Å². The first-order valence-corrected chi connectivity index (χ1v) is 16.3. The lowest BCUT2D eigenvalue weighted by Crippen LogP contribution is -2.50. The second-order valence-electron chi connectivity index (χ2n) is 8.75. The molecular formula is C24H33F4OSi2. The molecule has 2 aromatic rings. The summed E-state index contributed by atoms with van der Waals surface area (Å²) in [5.41, 5.74) is 0.989. The van der Waals surface area contributed by atoms with Gasteiger partial charge in [-0.1, -0.05) is 89.1 Å². The summed E-state index contributed by atoms with van der Waals surface area (Å²) in [6, 6.07) is 16.7. The van der Waals surface area contributed by atoms with Crippen LogP contribution in [-0.2, 0) is 6.04 Å². The van der Waals surface area contributed by atoms with E-state index < -0.39 is 45.4 Å². The van der Waals surface area contributed by atoms with Crippen molar-refractivity contribution in [2.75, 3.05) is 0 Å². The highest BCUT2D eigenvalue weighted by Crippen LogP contribution is 2.39. The standard InChI is InChI=1S/C24H33F4OSi2/c1-6-30(7-2,8-3)14-15-31(18(4)5,17-19-12-10-9-11-13-19)29-24-22(27)20(25)16-21(26)23(24)28/h9-13,18H,6-8,14-15,17H2,1-5H3. The average Bonchev–Trinajstić information content (AvgIpc) is 2.77. The molecule has 7 heteroatoms. The molecule has 0 saturated carbocycles. The summed E-state index contributed by atoms with van der Waals surface area (Å²) in [7, 11) is -4.46. The molecule has 0 aliphatic heterocycles. The van der Waals surface area contributed by atoms with Crippen molar-refractivity contribution in [3.63, 3.8) is 0 Å². The number of hydrogen-bond acceptors (Lipinski definition) is 1. The fraction of sp³-hybridized carbons (Fsp3) is 0.500. The Morgan fingerprint density at radius 3 is 1.81 bits per heavy atom. The molecule has 0 saturated heterocycles. The Hall–Kier alpha value is -1.61. The Balaban J connectivity index is 2.55. The van der Waals surface area contributed by atoms with Crippen LogP contribution in [0.3, 0.4) is 0 Å². The molecule has 0 heterocycles. The van der Waals surface area contributed by atoms with Gasteiger partial charge in [0.15, 0.2) is 17.4 Å². The molecule has 0 amide bonds. The van der Waals surface area contributed by atoms with Gasteiger partial charge in [-0.3, -0.25) is 0 Å². The third-order valence-corrected chi connectivity index (χ3v) is 18.2. The molecule has 0 N–H and O–H groups in total. The first-order valence-electron chi connectivity index (χ1n) is 11.1. The Kier molecular flexibility index (Phi) is 8.95. The summed E-state index contributed by atoms with van der Waals surface area (Å²) in [6.45, 7) is 10.6. The molecule has 1 radical (unpaired) electrons. The fourth-order valence-electron chi connectivity index (χ4n) is 4.28. The van der Waals surface area contributed by atoms with Gasteiger partial charge in [-0.05, 0) is 17.1 Å². The van der Waals surface area contributed by atoms with Gasteiger partial charge in [0.05, 0.1) is 14.1 Å². The van der Waals surface area contributed by atoms with E-state index in [0.717, 1.165) is 29.7 Å². The van der Waals surface area contributed by atoms with E-state index in [1.165, 1.54) is 6.07 Å². The molecule has 1 atom stereocenters. The van der Waals surface area contributed by atoms with Gasteiger partial charge >= 0.3 is 0 Å². The monoisotopic (exact) mass is 469 g/mol. The number of halogens is 4. The lowest BCUT2D eigenvalue weighted by molar-refractivity contribution is 0.380. The molecule has 2 aromatic carbocycles. The SMILES string of the molecule is CC[Si](CC)(CC)CC[Si](Cc1ccccc1)(Oc1c(F)c(F)[c]c(F)c1F)C(C)C. The lowest BCUT2D eigenvalue weighted by atomic mass is 10.2. The van der Waals surface area contributed by atoms with E-state index in [2.05, 4.69) is 20.8 Å². The molecule has 0 bridgehead atoms. The second kappa shape index (κ2) is 10.8. The maximum Gasteiger partial charge on any atom is 0.258 e. The third-order valence-electron chi connectivity index (χ3n) is 7.04. The van der Waals surface area contributed by atoms with Crippen molar-refractivity contribution in [3.8, 4) is 5.75 Å². The minimum atomic E-state index is -2.91. The van der Waals surface area contributed by atoms with Crippen molar-refractivity contribution in [2.24, 2.45) is 0 Å². The van der Waals surface area contributed by atoms with Gasteiger partial charge < -0.3 is 4.43 Å². The number of rotatable bonds is 11. The quantitative estimate of drug-likeness (QED) is 0.184.